The van der Waals surface area contributed by atoms with Crippen molar-refractivity contribution in [3.05, 3.63) is 11.9 Å². The third-order valence-corrected chi connectivity index (χ3v) is 3.84. The molecule has 10 heteroatoms. The first kappa shape index (κ1) is 16.3. The highest BCUT2D eigenvalue weighted by Crippen LogP contribution is 2.38. The minimum absolute atomic E-state index is 0.0174. The van der Waals surface area contributed by atoms with Gasteiger partial charge in [-0.15, -0.1) is 0 Å². The fourth-order valence-electron chi connectivity index (χ4n) is 2.19. The second kappa shape index (κ2) is 5.94. The molecule has 0 aliphatic carbocycles. The van der Waals surface area contributed by atoms with Crippen LogP contribution < -0.4 is 5.32 Å². The van der Waals surface area contributed by atoms with E-state index in [1.165, 1.54) is 0 Å². The van der Waals surface area contributed by atoms with Gasteiger partial charge in [0.15, 0.2) is 5.83 Å². The molecular weight excluding hydrogens is 308 g/mol. The van der Waals surface area contributed by atoms with E-state index in [1.807, 2.05) is 5.32 Å². The van der Waals surface area contributed by atoms with E-state index in [0.29, 0.717) is 0 Å². The third-order valence-electron chi connectivity index (χ3n) is 3.21. The maximum absolute atomic E-state index is 13.2. The standard InChI is InChI=1S/C11H15FNO7P/c1-21(17,18)19-4-9-7(14)3-8(20-9)5-2-6(12)11(16)13-10(5)15/h2,5,7-9,14H,3-4H2,1H3,(H,17,18)(H,13,15,16). The molecule has 0 bridgehead atoms. The van der Waals surface area contributed by atoms with E-state index in [0.717, 1.165) is 12.7 Å². The Morgan fingerprint density at radius 2 is 2.24 bits per heavy atom. The molecule has 0 aromatic rings. The van der Waals surface area contributed by atoms with Gasteiger partial charge in [0.25, 0.3) is 5.91 Å². The lowest BCUT2D eigenvalue weighted by molar-refractivity contribution is -0.135. The molecule has 0 spiro atoms. The van der Waals surface area contributed by atoms with Crippen molar-refractivity contribution in [2.45, 2.75) is 24.7 Å². The monoisotopic (exact) mass is 323 g/mol. The number of imide groups is 1. The van der Waals surface area contributed by atoms with Gasteiger partial charge in [0.05, 0.1) is 24.7 Å². The number of carbonyl (C=O) groups is 2. The summed E-state index contributed by atoms with van der Waals surface area (Å²) in [7, 11) is -3.71. The minimum atomic E-state index is -3.71. The molecule has 2 aliphatic heterocycles. The van der Waals surface area contributed by atoms with E-state index in [2.05, 4.69) is 4.52 Å². The highest BCUT2D eigenvalue weighted by molar-refractivity contribution is 7.51. The summed E-state index contributed by atoms with van der Waals surface area (Å²) in [5.74, 6) is -3.97. The molecule has 5 atom stereocenters. The van der Waals surface area contributed by atoms with Crippen molar-refractivity contribution in [2.75, 3.05) is 13.3 Å². The second-order valence-corrected chi connectivity index (χ2v) is 6.84. The molecule has 2 aliphatic rings. The molecule has 3 N–H and O–H groups in total. The predicted molar refractivity (Wildman–Crippen MR) is 66.8 cm³/mol. The zero-order valence-corrected chi connectivity index (χ0v) is 12.0. The Labute approximate surface area is 119 Å². The molecular formula is C11H15FNO7P. The average molecular weight is 323 g/mol. The molecule has 2 heterocycles. The summed E-state index contributed by atoms with van der Waals surface area (Å²) in [6, 6.07) is 0. The number of hydrogen-bond acceptors (Lipinski definition) is 6. The number of ether oxygens (including phenoxy) is 1. The Morgan fingerprint density at radius 1 is 1.57 bits per heavy atom. The lowest BCUT2D eigenvalue weighted by Crippen LogP contribution is -2.44. The first-order valence-electron chi connectivity index (χ1n) is 6.18. The molecule has 0 aromatic carbocycles. The van der Waals surface area contributed by atoms with Crippen molar-refractivity contribution in [3.8, 4) is 0 Å². The number of amides is 2. The number of nitrogens with one attached hydrogen (secondary N) is 1. The van der Waals surface area contributed by atoms with Crippen LogP contribution in [0.5, 0.6) is 0 Å². The summed E-state index contributed by atoms with van der Waals surface area (Å²) in [6.07, 6.45) is -1.91. The Bertz CT molecular complexity index is 531. The number of rotatable bonds is 4. The maximum atomic E-state index is 13.2. The van der Waals surface area contributed by atoms with E-state index in [9.17, 15) is 23.7 Å². The minimum Gasteiger partial charge on any atom is -0.390 e. The smallest absolute Gasteiger partial charge is 0.325 e. The number of halogens is 1. The fraction of sp³-hybridized carbons (Fsp3) is 0.636. The van der Waals surface area contributed by atoms with Crippen molar-refractivity contribution in [3.63, 3.8) is 0 Å². The normalized spacial score (nSPS) is 36.1. The quantitative estimate of drug-likeness (QED) is 0.469. The Balaban J connectivity index is 2.02. The Hall–Kier alpha value is -1.12. The van der Waals surface area contributed by atoms with Crippen LogP contribution in [0.3, 0.4) is 0 Å². The summed E-state index contributed by atoms with van der Waals surface area (Å²) < 4.78 is 34.3. The number of aliphatic hydroxyl groups excluding tert-OH is 1. The summed E-state index contributed by atoms with van der Waals surface area (Å²) in [4.78, 5) is 31.6. The van der Waals surface area contributed by atoms with Crippen LogP contribution in [0.4, 0.5) is 4.39 Å². The van der Waals surface area contributed by atoms with E-state index in [4.69, 9.17) is 9.63 Å². The van der Waals surface area contributed by atoms with Gasteiger partial charge < -0.3 is 19.3 Å². The number of aliphatic hydroxyl groups is 1. The lowest BCUT2D eigenvalue weighted by atomic mass is 9.95. The molecule has 5 unspecified atom stereocenters. The van der Waals surface area contributed by atoms with Crippen molar-refractivity contribution in [1.82, 2.24) is 5.32 Å². The van der Waals surface area contributed by atoms with Gasteiger partial charge in [0.1, 0.15) is 6.10 Å². The van der Waals surface area contributed by atoms with Crippen molar-refractivity contribution < 1.29 is 37.8 Å². The molecule has 1 saturated heterocycles. The van der Waals surface area contributed by atoms with Gasteiger partial charge in [-0.2, -0.15) is 0 Å². The summed E-state index contributed by atoms with van der Waals surface area (Å²) in [6.45, 7) is 0.658. The first-order valence-corrected chi connectivity index (χ1v) is 8.20. The van der Waals surface area contributed by atoms with Crippen molar-refractivity contribution >= 4 is 19.4 Å². The largest absolute Gasteiger partial charge is 0.390 e. The molecule has 118 valence electrons. The summed E-state index contributed by atoms with van der Waals surface area (Å²) in [5.41, 5.74) is 0. The van der Waals surface area contributed by atoms with Crippen LogP contribution >= 0.6 is 7.60 Å². The second-order valence-electron chi connectivity index (χ2n) is 4.97. The van der Waals surface area contributed by atoms with Crippen LogP contribution in [0.1, 0.15) is 6.42 Å². The van der Waals surface area contributed by atoms with Crippen LogP contribution in [-0.4, -0.2) is 53.4 Å². The predicted octanol–water partition coefficient (Wildman–Crippen LogP) is -0.537. The van der Waals surface area contributed by atoms with Gasteiger partial charge >= 0.3 is 7.60 Å². The third kappa shape index (κ3) is 3.96. The van der Waals surface area contributed by atoms with Gasteiger partial charge in [0.2, 0.25) is 5.91 Å². The van der Waals surface area contributed by atoms with Crippen LogP contribution in [-0.2, 0) is 23.4 Å². The Morgan fingerprint density at radius 3 is 2.86 bits per heavy atom. The topological polar surface area (TPSA) is 122 Å². The van der Waals surface area contributed by atoms with Gasteiger partial charge in [-0.3, -0.25) is 19.5 Å². The Kier molecular flexibility index (Phi) is 4.60. The van der Waals surface area contributed by atoms with E-state index < -0.39 is 49.5 Å². The van der Waals surface area contributed by atoms with Crippen LogP contribution in [0, 0.1) is 5.92 Å². The highest BCUT2D eigenvalue weighted by Gasteiger charge is 2.43. The SMILES string of the molecule is CP(=O)(O)OCC1OC(C2C=C(F)C(=O)NC2=O)CC1O. The summed E-state index contributed by atoms with van der Waals surface area (Å²) in [5, 5.41) is 11.6. The van der Waals surface area contributed by atoms with Gasteiger partial charge in [0, 0.05) is 13.1 Å². The summed E-state index contributed by atoms with van der Waals surface area (Å²) >= 11 is 0. The van der Waals surface area contributed by atoms with Gasteiger partial charge in [-0.05, 0) is 6.08 Å². The number of carbonyl (C=O) groups excluding carboxylic acids is 2. The lowest BCUT2D eigenvalue weighted by Gasteiger charge is -2.22. The van der Waals surface area contributed by atoms with Crippen molar-refractivity contribution in [2.24, 2.45) is 5.92 Å². The van der Waals surface area contributed by atoms with E-state index in [1.54, 1.807) is 0 Å². The van der Waals surface area contributed by atoms with E-state index >= 15 is 0 Å². The zero-order chi connectivity index (χ0) is 15.8. The van der Waals surface area contributed by atoms with Crippen LogP contribution in [0.15, 0.2) is 11.9 Å². The molecule has 2 amide bonds. The molecule has 1 fully saturated rings. The van der Waals surface area contributed by atoms with Gasteiger partial charge in [-0.1, -0.05) is 0 Å². The average Bonchev–Trinajstić information content (AvgIpc) is 2.72. The molecule has 0 saturated carbocycles. The molecule has 2 rings (SSSR count). The molecule has 21 heavy (non-hydrogen) atoms. The fourth-order valence-corrected chi connectivity index (χ4v) is 2.62. The highest BCUT2D eigenvalue weighted by atomic mass is 31.2. The van der Waals surface area contributed by atoms with E-state index in [-0.39, 0.29) is 13.0 Å². The molecule has 8 nitrogen and oxygen atoms in total. The maximum Gasteiger partial charge on any atom is 0.325 e. The molecule has 0 aromatic heterocycles. The molecule has 0 radical (unpaired) electrons. The van der Waals surface area contributed by atoms with Crippen LogP contribution in [0.2, 0.25) is 0 Å². The van der Waals surface area contributed by atoms with Crippen LogP contribution in [0.25, 0.3) is 0 Å². The zero-order valence-electron chi connectivity index (χ0n) is 11.1. The number of hydrogen-bond donors (Lipinski definition) is 3. The van der Waals surface area contributed by atoms with Crippen molar-refractivity contribution in [1.29, 1.82) is 0 Å². The van der Waals surface area contributed by atoms with Gasteiger partial charge in [-0.25, -0.2) is 4.39 Å². The first-order chi connectivity index (χ1) is 9.67.